The maximum atomic E-state index is 12.1. The summed E-state index contributed by atoms with van der Waals surface area (Å²) in [6, 6.07) is 19.5. The molecule has 0 aromatic heterocycles. The number of rotatable bonds is 5. The van der Waals surface area contributed by atoms with Gasteiger partial charge in [-0.25, -0.2) is 0 Å². The average molecular weight is 306 g/mol. The maximum Gasteiger partial charge on any atom is 0.326 e. The number of ether oxygens (including phenoxy) is 1. The molecule has 21 heavy (non-hydrogen) atoms. The predicted molar refractivity (Wildman–Crippen MR) is 86.5 cm³/mol. The summed E-state index contributed by atoms with van der Waals surface area (Å²) in [5.74, 6) is -0.384. The molecule has 2 N–H and O–H groups in total. The summed E-state index contributed by atoms with van der Waals surface area (Å²) >= 11 is 0. The van der Waals surface area contributed by atoms with Crippen molar-refractivity contribution < 1.29 is 9.53 Å². The molecule has 0 spiro atoms. The number of benzene rings is 2. The molecule has 0 saturated heterocycles. The van der Waals surface area contributed by atoms with Crippen LogP contribution in [0.5, 0.6) is 0 Å². The number of hydrogen-bond acceptors (Lipinski definition) is 3. The number of carbonyl (C=O) groups is 1. The van der Waals surface area contributed by atoms with E-state index in [1.165, 1.54) is 7.11 Å². The number of carbonyl (C=O) groups excluding carboxylic acids is 1. The molecular formula is C17H20ClNO2. The SMILES string of the molecule is COC(=O)C(N)(Cc1ccccc1)Cc1ccccc1.Cl. The van der Waals surface area contributed by atoms with Gasteiger partial charge in [-0.1, -0.05) is 60.7 Å². The number of hydrogen-bond donors (Lipinski definition) is 1. The predicted octanol–water partition coefficient (Wildman–Crippen LogP) is 2.76. The van der Waals surface area contributed by atoms with Crippen LogP contribution in [0.15, 0.2) is 60.7 Å². The first-order valence-corrected chi connectivity index (χ1v) is 6.59. The monoisotopic (exact) mass is 305 g/mol. The van der Waals surface area contributed by atoms with Gasteiger partial charge in [0.15, 0.2) is 0 Å². The van der Waals surface area contributed by atoms with E-state index in [9.17, 15) is 4.79 Å². The van der Waals surface area contributed by atoms with Crippen LogP contribution in [-0.4, -0.2) is 18.6 Å². The highest BCUT2D eigenvalue weighted by Crippen LogP contribution is 2.18. The van der Waals surface area contributed by atoms with Crippen LogP contribution in [0.4, 0.5) is 0 Å². The van der Waals surface area contributed by atoms with Gasteiger partial charge < -0.3 is 10.5 Å². The van der Waals surface area contributed by atoms with Gasteiger partial charge in [0.05, 0.1) is 7.11 Å². The van der Waals surface area contributed by atoms with Crippen molar-refractivity contribution in [1.82, 2.24) is 0 Å². The van der Waals surface area contributed by atoms with Gasteiger partial charge in [-0.05, 0) is 11.1 Å². The van der Waals surface area contributed by atoms with Crippen molar-refractivity contribution in [3.63, 3.8) is 0 Å². The molecule has 0 aliphatic rings. The highest BCUT2D eigenvalue weighted by Gasteiger charge is 2.35. The molecule has 0 amide bonds. The molecule has 0 aliphatic heterocycles. The zero-order valence-electron chi connectivity index (χ0n) is 12.0. The molecule has 112 valence electrons. The summed E-state index contributed by atoms with van der Waals surface area (Å²) in [6.45, 7) is 0. The van der Waals surface area contributed by atoms with Crippen LogP contribution < -0.4 is 5.73 Å². The normalized spacial score (nSPS) is 10.6. The fraction of sp³-hybridized carbons (Fsp3) is 0.235. The quantitative estimate of drug-likeness (QED) is 0.864. The summed E-state index contributed by atoms with van der Waals surface area (Å²) in [6.07, 6.45) is 0.908. The number of esters is 1. The average Bonchev–Trinajstić information content (AvgIpc) is 2.48. The van der Waals surface area contributed by atoms with Crippen molar-refractivity contribution in [3.05, 3.63) is 71.8 Å². The summed E-state index contributed by atoms with van der Waals surface area (Å²) in [7, 11) is 1.37. The number of halogens is 1. The molecule has 0 heterocycles. The Balaban J connectivity index is 0.00000220. The van der Waals surface area contributed by atoms with Crippen molar-refractivity contribution in [3.8, 4) is 0 Å². The van der Waals surface area contributed by atoms with Gasteiger partial charge >= 0.3 is 5.97 Å². The molecule has 3 nitrogen and oxygen atoms in total. The third-order valence-electron chi connectivity index (χ3n) is 3.32. The number of methoxy groups -OCH3 is 1. The molecule has 0 atom stereocenters. The zero-order chi connectivity index (χ0) is 14.4. The molecule has 4 heteroatoms. The topological polar surface area (TPSA) is 52.3 Å². The van der Waals surface area contributed by atoms with Crippen molar-refractivity contribution in [1.29, 1.82) is 0 Å². The molecule has 2 rings (SSSR count). The van der Waals surface area contributed by atoms with Crippen LogP contribution in [0.2, 0.25) is 0 Å². The molecular weight excluding hydrogens is 286 g/mol. The van der Waals surface area contributed by atoms with E-state index in [2.05, 4.69) is 0 Å². The Kier molecular flexibility index (Phi) is 6.40. The minimum Gasteiger partial charge on any atom is -0.468 e. The van der Waals surface area contributed by atoms with E-state index in [1.807, 2.05) is 60.7 Å². The van der Waals surface area contributed by atoms with Gasteiger partial charge in [0, 0.05) is 12.8 Å². The van der Waals surface area contributed by atoms with Gasteiger partial charge in [0.1, 0.15) is 5.54 Å². The Morgan fingerprint density at radius 1 is 0.952 bits per heavy atom. The third-order valence-corrected chi connectivity index (χ3v) is 3.32. The second-order valence-corrected chi connectivity index (χ2v) is 4.97. The first-order valence-electron chi connectivity index (χ1n) is 6.59. The lowest BCUT2D eigenvalue weighted by atomic mass is 9.85. The second-order valence-electron chi connectivity index (χ2n) is 4.97. The molecule has 0 fully saturated rings. The van der Waals surface area contributed by atoms with E-state index in [1.54, 1.807) is 0 Å². The molecule has 0 unspecified atom stereocenters. The van der Waals surface area contributed by atoms with Crippen LogP contribution >= 0.6 is 12.4 Å². The van der Waals surface area contributed by atoms with Gasteiger partial charge in [0.25, 0.3) is 0 Å². The highest BCUT2D eigenvalue weighted by atomic mass is 35.5. The van der Waals surface area contributed by atoms with Crippen molar-refractivity contribution in [2.75, 3.05) is 7.11 Å². The fourth-order valence-electron chi connectivity index (χ4n) is 2.33. The molecule has 2 aromatic carbocycles. The lowest BCUT2D eigenvalue weighted by Gasteiger charge is -2.26. The molecule has 2 aromatic rings. The summed E-state index contributed by atoms with van der Waals surface area (Å²) in [5.41, 5.74) is 7.35. The smallest absolute Gasteiger partial charge is 0.326 e. The van der Waals surface area contributed by atoms with Crippen molar-refractivity contribution >= 4 is 18.4 Å². The Morgan fingerprint density at radius 2 is 1.33 bits per heavy atom. The lowest BCUT2D eigenvalue weighted by molar-refractivity contribution is -0.147. The molecule has 0 radical (unpaired) electrons. The van der Waals surface area contributed by atoms with E-state index < -0.39 is 5.54 Å². The lowest BCUT2D eigenvalue weighted by Crippen LogP contribution is -2.52. The van der Waals surface area contributed by atoms with Gasteiger partial charge in [-0.2, -0.15) is 0 Å². The van der Waals surface area contributed by atoms with Gasteiger partial charge in [-0.3, -0.25) is 4.79 Å². The molecule has 0 bridgehead atoms. The Hall–Kier alpha value is -1.84. The second kappa shape index (κ2) is 7.81. The minimum atomic E-state index is -1.04. The summed E-state index contributed by atoms with van der Waals surface area (Å²) in [4.78, 5) is 12.1. The van der Waals surface area contributed by atoms with Crippen LogP contribution in [-0.2, 0) is 22.4 Å². The van der Waals surface area contributed by atoms with Crippen LogP contribution in [0.1, 0.15) is 11.1 Å². The van der Waals surface area contributed by atoms with E-state index in [-0.39, 0.29) is 18.4 Å². The van der Waals surface area contributed by atoms with E-state index >= 15 is 0 Å². The van der Waals surface area contributed by atoms with Crippen LogP contribution in [0.25, 0.3) is 0 Å². The van der Waals surface area contributed by atoms with Crippen molar-refractivity contribution in [2.24, 2.45) is 5.73 Å². The fourth-order valence-corrected chi connectivity index (χ4v) is 2.33. The van der Waals surface area contributed by atoms with Gasteiger partial charge in [0.2, 0.25) is 0 Å². The Labute approximate surface area is 131 Å². The maximum absolute atomic E-state index is 12.1. The van der Waals surface area contributed by atoms with E-state index in [0.717, 1.165) is 11.1 Å². The van der Waals surface area contributed by atoms with E-state index in [0.29, 0.717) is 12.8 Å². The standard InChI is InChI=1S/C17H19NO2.ClH/c1-20-16(19)17(18,12-14-8-4-2-5-9-14)13-15-10-6-3-7-11-15;/h2-11H,12-13,18H2,1H3;1H. The third kappa shape index (κ3) is 4.59. The first-order chi connectivity index (χ1) is 9.64. The highest BCUT2D eigenvalue weighted by molar-refractivity contribution is 5.85. The summed E-state index contributed by atoms with van der Waals surface area (Å²) < 4.78 is 4.90. The van der Waals surface area contributed by atoms with E-state index in [4.69, 9.17) is 10.5 Å². The van der Waals surface area contributed by atoms with Gasteiger partial charge in [-0.15, -0.1) is 12.4 Å². The van der Waals surface area contributed by atoms with Crippen LogP contribution in [0.3, 0.4) is 0 Å². The largest absolute Gasteiger partial charge is 0.468 e. The van der Waals surface area contributed by atoms with Crippen molar-refractivity contribution in [2.45, 2.75) is 18.4 Å². The Morgan fingerprint density at radius 3 is 1.67 bits per heavy atom. The molecule has 0 saturated carbocycles. The Bertz CT molecular complexity index is 516. The van der Waals surface area contributed by atoms with Crippen LogP contribution in [0, 0.1) is 0 Å². The minimum absolute atomic E-state index is 0. The molecule has 0 aliphatic carbocycles. The number of nitrogens with two attached hydrogens (primary N) is 1. The first kappa shape index (κ1) is 17.2. The summed E-state index contributed by atoms with van der Waals surface area (Å²) in [5, 5.41) is 0. The zero-order valence-corrected chi connectivity index (χ0v) is 12.8.